The van der Waals surface area contributed by atoms with Gasteiger partial charge < -0.3 is 0 Å². The Morgan fingerprint density at radius 3 is 2.42 bits per heavy atom. The molecule has 0 aliphatic carbocycles. The van der Waals surface area contributed by atoms with Gasteiger partial charge in [-0.3, -0.25) is 4.98 Å². The number of nitrogens with zero attached hydrogens (tertiary/aromatic N) is 1. The minimum Gasteiger partial charge on any atom is -0.251 e. The predicted octanol–water partition coefficient (Wildman–Crippen LogP) is 3.17. The maximum Gasteiger partial charge on any atom is 0.433 e. The largest absolute Gasteiger partial charge is 0.433 e. The van der Waals surface area contributed by atoms with Crippen LogP contribution in [-0.4, -0.2) is 4.98 Å². The van der Waals surface area contributed by atoms with E-state index in [0.717, 1.165) is 12.3 Å². The number of hydrogen-bond donors (Lipinski definition) is 0. The maximum absolute atomic E-state index is 12.0. The third-order valence-corrected chi connectivity index (χ3v) is 2.17. The van der Waals surface area contributed by atoms with E-state index in [1.54, 1.807) is 6.92 Å². The number of aromatic nitrogens is 1. The van der Waals surface area contributed by atoms with Crippen molar-refractivity contribution in [2.45, 2.75) is 13.1 Å². The van der Waals surface area contributed by atoms with Gasteiger partial charge in [0.15, 0.2) is 0 Å². The normalized spacial score (nSPS) is 11.8. The fraction of sp³-hybridized carbons (Fsp3) is 0.286. The van der Waals surface area contributed by atoms with Gasteiger partial charge in [0, 0.05) is 10.7 Å². The maximum atomic E-state index is 12.0. The smallest absolute Gasteiger partial charge is 0.251 e. The van der Waals surface area contributed by atoms with Crippen molar-refractivity contribution < 1.29 is 13.2 Å². The van der Waals surface area contributed by atoms with Gasteiger partial charge in [0.2, 0.25) is 0 Å². The molecule has 12 heavy (non-hydrogen) atoms. The van der Waals surface area contributed by atoms with Crippen molar-refractivity contribution in [3.8, 4) is 0 Å². The van der Waals surface area contributed by atoms with E-state index in [1.807, 2.05) is 0 Å². The first-order valence-electron chi connectivity index (χ1n) is 3.10. The van der Waals surface area contributed by atoms with Crippen molar-refractivity contribution in [2.75, 3.05) is 0 Å². The van der Waals surface area contributed by atoms with Gasteiger partial charge in [-0.1, -0.05) is 0 Å². The third-order valence-electron chi connectivity index (χ3n) is 1.34. The molecule has 0 aliphatic rings. The Morgan fingerprint density at radius 2 is 2.00 bits per heavy atom. The summed E-state index contributed by atoms with van der Waals surface area (Å²) in [6.07, 6.45) is -3.20. The van der Waals surface area contributed by atoms with Crippen molar-refractivity contribution in [1.29, 1.82) is 0 Å². The molecule has 0 aliphatic heterocycles. The molecule has 0 saturated heterocycles. The number of rotatable bonds is 0. The fourth-order valence-electron chi connectivity index (χ4n) is 0.694. The van der Waals surface area contributed by atoms with Crippen LogP contribution in [0.3, 0.4) is 0 Å². The highest BCUT2D eigenvalue weighted by atomic mass is 79.9. The van der Waals surface area contributed by atoms with Crippen molar-refractivity contribution in [1.82, 2.24) is 4.98 Å². The average molecular weight is 240 g/mol. The lowest BCUT2D eigenvalue weighted by atomic mass is 10.2. The summed E-state index contributed by atoms with van der Waals surface area (Å²) in [7, 11) is 0. The second-order valence-corrected chi connectivity index (χ2v) is 3.17. The summed E-state index contributed by atoms with van der Waals surface area (Å²) >= 11 is 3.07. The Morgan fingerprint density at radius 1 is 1.42 bits per heavy atom. The van der Waals surface area contributed by atoms with E-state index in [2.05, 4.69) is 20.9 Å². The first-order chi connectivity index (χ1) is 5.41. The molecule has 1 rings (SSSR count). The SMILES string of the molecule is Cc1cc(C(F)(F)F)ncc1Br. The Labute approximate surface area is 75.7 Å². The lowest BCUT2D eigenvalue weighted by molar-refractivity contribution is -0.141. The summed E-state index contributed by atoms with van der Waals surface area (Å²) in [5.74, 6) is 0. The van der Waals surface area contributed by atoms with E-state index in [0.29, 0.717) is 10.0 Å². The van der Waals surface area contributed by atoms with Crippen LogP contribution in [0.15, 0.2) is 16.7 Å². The zero-order valence-electron chi connectivity index (χ0n) is 6.11. The molecule has 66 valence electrons. The van der Waals surface area contributed by atoms with Crippen LogP contribution < -0.4 is 0 Å². The van der Waals surface area contributed by atoms with Crippen LogP contribution in [0.5, 0.6) is 0 Å². The van der Waals surface area contributed by atoms with E-state index in [9.17, 15) is 13.2 Å². The van der Waals surface area contributed by atoms with Crippen molar-refractivity contribution in [3.05, 3.63) is 28.0 Å². The molecule has 0 spiro atoms. The number of pyridine rings is 1. The number of halogens is 4. The van der Waals surface area contributed by atoms with Gasteiger partial charge in [0.05, 0.1) is 0 Å². The van der Waals surface area contributed by atoms with Gasteiger partial charge in [0.25, 0.3) is 0 Å². The summed E-state index contributed by atoms with van der Waals surface area (Å²) in [4.78, 5) is 3.24. The van der Waals surface area contributed by atoms with Crippen molar-refractivity contribution >= 4 is 15.9 Å². The standard InChI is InChI=1S/C7H5BrF3N/c1-4-2-6(7(9,10)11)12-3-5(4)8/h2-3H,1H3. The third kappa shape index (κ3) is 1.97. The summed E-state index contributed by atoms with van der Waals surface area (Å²) in [6.45, 7) is 1.58. The lowest BCUT2D eigenvalue weighted by Crippen LogP contribution is -2.07. The van der Waals surface area contributed by atoms with Crippen LogP contribution in [0.4, 0.5) is 13.2 Å². The molecule has 0 bridgehead atoms. The molecular weight excluding hydrogens is 235 g/mol. The molecule has 1 nitrogen and oxygen atoms in total. The van der Waals surface area contributed by atoms with Gasteiger partial charge in [-0.25, -0.2) is 0 Å². The molecule has 1 aromatic heterocycles. The summed E-state index contributed by atoms with van der Waals surface area (Å²) in [5.41, 5.74) is -0.333. The van der Waals surface area contributed by atoms with Gasteiger partial charge in [-0.2, -0.15) is 13.2 Å². The highest BCUT2D eigenvalue weighted by molar-refractivity contribution is 9.10. The molecule has 0 unspecified atom stereocenters. The number of alkyl halides is 3. The van der Waals surface area contributed by atoms with Crippen LogP contribution in [0.25, 0.3) is 0 Å². The molecular formula is C7H5BrF3N. The Hall–Kier alpha value is -0.580. The molecule has 0 N–H and O–H groups in total. The molecule has 5 heteroatoms. The first kappa shape index (κ1) is 9.51. The lowest BCUT2D eigenvalue weighted by Gasteiger charge is -2.06. The highest BCUT2D eigenvalue weighted by Gasteiger charge is 2.32. The number of hydrogen-bond acceptors (Lipinski definition) is 1. The summed E-state index contributed by atoms with van der Waals surface area (Å²) in [6, 6.07) is 1.00. The first-order valence-corrected chi connectivity index (χ1v) is 3.90. The Balaban J connectivity index is 3.14. The van der Waals surface area contributed by atoms with Gasteiger partial charge >= 0.3 is 6.18 Å². The van der Waals surface area contributed by atoms with Crippen LogP contribution in [0, 0.1) is 6.92 Å². The molecule has 0 radical (unpaired) electrons. The quantitative estimate of drug-likeness (QED) is 0.678. The average Bonchev–Trinajstić information content (AvgIpc) is 1.92. The Bertz CT molecular complexity index is 295. The van der Waals surface area contributed by atoms with Crippen LogP contribution >= 0.6 is 15.9 Å². The van der Waals surface area contributed by atoms with E-state index in [-0.39, 0.29) is 0 Å². The zero-order chi connectivity index (χ0) is 9.35. The minimum absolute atomic E-state index is 0.525. The Kier molecular flexibility index (Phi) is 2.41. The van der Waals surface area contributed by atoms with Gasteiger partial charge in [0.1, 0.15) is 5.69 Å². The molecule has 1 heterocycles. The predicted molar refractivity (Wildman–Crippen MR) is 41.7 cm³/mol. The van der Waals surface area contributed by atoms with Crippen molar-refractivity contribution in [3.63, 3.8) is 0 Å². The molecule has 0 atom stereocenters. The molecule has 0 aromatic carbocycles. The fourth-order valence-corrected chi connectivity index (χ4v) is 0.911. The van der Waals surface area contributed by atoms with Gasteiger partial charge in [-0.15, -0.1) is 0 Å². The molecule has 1 aromatic rings. The molecule has 0 fully saturated rings. The second kappa shape index (κ2) is 3.05. The van der Waals surface area contributed by atoms with Crippen molar-refractivity contribution in [2.24, 2.45) is 0 Å². The number of aryl methyl sites for hydroxylation is 1. The topological polar surface area (TPSA) is 12.9 Å². The monoisotopic (exact) mass is 239 g/mol. The van der Waals surface area contributed by atoms with E-state index >= 15 is 0 Å². The van der Waals surface area contributed by atoms with Crippen LogP contribution in [-0.2, 0) is 6.18 Å². The zero-order valence-corrected chi connectivity index (χ0v) is 7.70. The minimum atomic E-state index is -4.36. The molecule has 0 saturated carbocycles. The van der Waals surface area contributed by atoms with Crippen LogP contribution in [0.2, 0.25) is 0 Å². The van der Waals surface area contributed by atoms with E-state index < -0.39 is 11.9 Å². The summed E-state index contributed by atoms with van der Waals surface area (Å²) < 4.78 is 36.6. The summed E-state index contributed by atoms with van der Waals surface area (Å²) in [5, 5.41) is 0. The van der Waals surface area contributed by atoms with E-state index in [1.165, 1.54) is 0 Å². The van der Waals surface area contributed by atoms with Gasteiger partial charge in [-0.05, 0) is 34.5 Å². The highest BCUT2D eigenvalue weighted by Crippen LogP contribution is 2.29. The van der Waals surface area contributed by atoms with E-state index in [4.69, 9.17) is 0 Å². The van der Waals surface area contributed by atoms with Crippen LogP contribution in [0.1, 0.15) is 11.3 Å². The second-order valence-electron chi connectivity index (χ2n) is 2.32. The molecule has 0 amide bonds.